The van der Waals surface area contributed by atoms with Gasteiger partial charge in [-0.25, -0.2) is 0 Å². The molecular formula is C15H22BrN3O. The van der Waals surface area contributed by atoms with Gasteiger partial charge in [-0.1, -0.05) is 6.92 Å². The van der Waals surface area contributed by atoms with Crippen molar-refractivity contribution in [1.82, 2.24) is 14.8 Å². The highest BCUT2D eigenvalue weighted by Crippen LogP contribution is 2.37. The zero-order chi connectivity index (χ0) is 14.1. The average molecular weight is 340 g/mol. The largest absolute Gasteiger partial charge is 0.349 e. The second kappa shape index (κ2) is 5.90. The van der Waals surface area contributed by atoms with E-state index in [2.05, 4.69) is 37.6 Å². The average Bonchev–Trinajstić information content (AvgIpc) is 3.06. The Bertz CT molecular complexity index is 495. The van der Waals surface area contributed by atoms with Gasteiger partial charge in [0, 0.05) is 29.3 Å². The van der Waals surface area contributed by atoms with Gasteiger partial charge in [-0.3, -0.25) is 9.69 Å². The Morgan fingerprint density at radius 1 is 1.45 bits per heavy atom. The number of likely N-dealkylation sites (N-methyl/N-ethyl adjacent to an activating group) is 1. The third-order valence-electron chi connectivity index (χ3n) is 4.39. The van der Waals surface area contributed by atoms with E-state index in [0.29, 0.717) is 12.1 Å². The molecule has 0 radical (unpaired) electrons. The van der Waals surface area contributed by atoms with Crippen LogP contribution < -0.4 is 5.32 Å². The van der Waals surface area contributed by atoms with Gasteiger partial charge in [0.2, 0.25) is 0 Å². The van der Waals surface area contributed by atoms with Crippen LogP contribution in [0.15, 0.2) is 16.7 Å². The lowest BCUT2D eigenvalue weighted by Crippen LogP contribution is -2.40. The molecule has 1 N–H and O–H groups in total. The first-order valence-electron chi connectivity index (χ1n) is 7.58. The smallest absolute Gasteiger partial charge is 0.268 e. The summed E-state index contributed by atoms with van der Waals surface area (Å²) >= 11 is 3.48. The summed E-state index contributed by atoms with van der Waals surface area (Å²) in [6.45, 7) is 5.20. The van der Waals surface area contributed by atoms with Crippen LogP contribution in [0.5, 0.6) is 0 Å². The number of amides is 1. The summed E-state index contributed by atoms with van der Waals surface area (Å²) < 4.78 is 3.11. The van der Waals surface area contributed by atoms with E-state index in [1.54, 1.807) is 0 Å². The van der Waals surface area contributed by atoms with Crippen molar-refractivity contribution in [3.8, 4) is 0 Å². The molecule has 0 aromatic carbocycles. The number of hydrogen-bond acceptors (Lipinski definition) is 2. The Morgan fingerprint density at radius 2 is 2.25 bits per heavy atom. The number of likely N-dealkylation sites (tertiary alicyclic amines) is 1. The van der Waals surface area contributed by atoms with Gasteiger partial charge in [0.1, 0.15) is 5.69 Å². The van der Waals surface area contributed by atoms with Gasteiger partial charge in [-0.05, 0) is 60.8 Å². The number of carbonyl (C=O) groups is 1. The standard InChI is InChI=1S/C15H22BrN3O/c1-2-18-7-3-4-13(18)9-17-15(20)14-8-11(16)10-19(14)12-5-6-12/h8,10,12-13H,2-7,9H2,1H3,(H,17,20). The third kappa shape index (κ3) is 2.93. The molecule has 20 heavy (non-hydrogen) atoms. The molecule has 2 fully saturated rings. The lowest BCUT2D eigenvalue weighted by molar-refractivity contribution is 0.0932. The van der Waals surface area contributed by atoms with Crippen LogP contribution in [0.4, 0.5) is 0 Å². The van der Waals surface area contributed by atoms with Crippen molar-refractivity contribution in [2.75, 3.05) is 19.6 Å². The van der Waals surface area contributed by atoms with E-state index in [-0.39, 0.29) is 5.91 Å². The molecule has 0 bridgehead atoms. The molecule has 1 unspecified atom stereocenters. The predicted octanol–water partition coefficient (Wildman–Crippen LogP) is 2.80. The third-order valence-corrected chi connectivity index (χ3v) is 4.83. The van der Waals surface area contributed by atoms with Crippen molar-refractivity contribution in [2.24, 2.45) is 0 Å². The maximum atomic E-state index is 12.4. The molecule has 1 aliphatic heterocycles. The minimum Gasteiger partial charge on any atom is -0.349 e. The summed E-state index contributed by atoms with van der Waals surface area (Å²) in [5.74, 6) is 0.0607. The summed E-state index contributed by atoms with van der Waals surface area (Å²) in [5, 5.41) is 3.12. The number of nitrogens with zero attached hydrogens (tertiary/aromatic N) is 2. The molecule has 1 atom stereocenters. The van der Waals surface area contributed by atoms with Gasteiger partial charge in [0.15, 0.2) is 0 Å². The first-order valence-corrected chi connectivity index (χ1v) is 8.38. The van der Waals surface area contributed by atoms with Crippen molar-refractivity contribution in [1.29, 1.82) is 0 Å². The van der Waals surface area contributed by atoms with Gasteiger partial charge in [-0.15, -0.1) is 0 Å². The molecule has 1 saturated carbocycles. The van der Waals surface area contributed by atoms with Crippen molar-refractivity contribution in [3.63, 3.8) is 0 Å². The normalized spacial score (nSPS) is 23.2. The van der Waals surface area contributed by atoms with Gasteiger partial charge in [-0.2, -0.15) is 0 Å². The fourth-order valence-corrected chi connectivity index (χ4v) is 3.56. The lowest BCUT2D eigenvalue weighted by atomic mass is 10.2. The summed E-state index contributed by atoms with van der Waals surface area (Å²) in [4.78, 5) is 14.8. The van der Waals surface area contributed by atoms with Gasteiger partial charge < -0.3 is 9.88 Å². The molecule has 1 aliphatic carbocycles. The Morgan fingerprint density at radius 3 is 2.95 bits per heavy atom. The monoisotopic (exact) mass is 339 g/mol. The molecule has 110 valence electrons. The molecule has 2 heterocycles. The van der Waals surface area contributed by atoms with E-state index in [1.807, 2.05) is 12.3 Å². The van der Waals surface area contributed by atoms with Crippen LogP contribution in [0.1, 0.15) is 49.1 Å². The van der Waals surface area contributed by atoms with Crippen LogP contribution in [-0.2, 0) is 0 Å². The molecular weight excluding hydrogens is 318 g/mol. The van der Waals surface area contributed by atoms with Crippen LogP contribution in [0.2, 0.25) is 0 Å². The van der Waals surface area contributed by atoms with E-state index < -0.39 is 0 Å². The van der Waals surface area contributed by atoms with Crippen molar-refractivity contribution >= 4 is 21.8 Å². The summed E-state index contributed by atoms with van der Waals surface area (Å²) in [5.41, 5.74) is 0.792. The summed E-state index contributed by atoms with van der Waals surface area (Å²) in [7, 11) is 0. The topological polar surface area (TPSA) is 37.3 Å². The molecule has 1 saturated heterocycles. The summed E-state index contributed by atoms with van der Waals surface area (Å²) in [6, 6.07) is 2.97. The molecule has 1 amide bonds. The maximum absolute atomic E-state index is 12.4. The van der Waals surface area contributed by atoms with Crippen molar-refractivity contribution in [3.05, 3.63) is 22.4 Å². The van der Waals surface area contributed by atoms with E-state index in [4.69, 9.17) is 0 Å². The number of halogens is 1. The molecule has 1 aromatic rings. The minimum atomic E-state index is 0.0607. The molecule has 4 nitrogen and oxygen atoms in total. The fourth-order valence-electron chi connectivity index (χ4n) is 3.13. The Hall–Kier alpha value is -0.810. The van der Waals surface area contributed by atoms with Crippen LogP contribution >= 0.6 is 15.9 Å². The highest BCUT2D eigenvalue weighted by molar-refractivity contribution is 9.10. The van der Waals surface area contributed by atoms with Crippen LogP contribution in [-0.4, -0.2) is 41.1 Å². The SMILES string of the molecule is CCN1CCCC1CNC(=O)c1cc(Br)cn1C1CC1. The number of nitrogens with one attached hydrogen (secondary N) is 1. The van der Waals surface area contributed by atoms with E-state index in [9.17, 15) is 4.79 Å². The second-order valence-corrected chi connectivity index (χ2v) is 6.73. The van der Waals surface area contributed by atoms with Gasteiger partial charge >= 0.3 is 0 Å². The molecule has 1 aromatic heterocycles. The zero-order valence-electron chi connectivity index (χ0n) is 11.9. The lowest BCUT2D eigenvalue weighted by Gasteiger charge is -2.23. The minimum absolute atomic E-state index is 0.0607. The summed E-state index contributed by atoms with van der Waals surface area (Å²) in [6.07, 6.45) is 6.85. The predicted molar refractivity (Wildman–Crippen MR) is 83.0 cm³/mol. The molecule has 3 rings (SSSR count). The first-order chi connectivity index (χ1) is 9.69. The van der Waals surface area contributed by atoms with Crippen LogP contribution in [0, 0.1) is 0 Å². The molecule has 5 heteroatoms. The highest BCUT2D eigenvalue weighted by Gasteiger charge is 2.28. The zero-order valence-corrected chi connectivity index (χ0v) is 13.5. The Labute approximate surface area is 128 Å². The molecule has 2 aliphatic rings. The van der Waals surface area contributed by atoms with Crippen molar-refractivity contribution in [2.45, 2.75) is 44.7 Å². The van der Waals surface area contributed by atoms with E-state index in [0.717, 1.165) is 23.3 Å². The van der Waals surface area contributed by atoms with Gasteiger partial charge in [0.25, 0.3) is 5.91 Å². The van der Waals surface area contributed by atoms with Gasteiger partial charge in [0.05, 0.1) is 0 Å². The van der Waals surface area contributed by atoms with E-state index in [1.165, 1.54) is 32.2 Å². The van der Waals surface area contributed by atoms with E-state index >= 15 is 0 Å². The number of hydrogen-bond donors (Lipinski definition) is 1. The quantitative estimate of drug-likeness (QED) is 0.895. The van der Waals surface area contributed by atoms with Crippen LogP contribution in [0.25, 0.3) is 0 Å². The number of carbonyl (C=O) groups excluding carboxylic acids is 1. The number of aromatic nitrogens is 1. The Kier molecular flexibility index (Phi) is 4.17. The van der Waals surface area contributed by atoms with Crippen molar-refractivity contribution < 1.29 is 4.79 Å². The first kappa shape index (κ1) is 14.1. The number of rotatable bonds is 5. The fraction of sp³-hybridized carbons (Fsp3) is 0.667. The Balaban J connectivity index is 1.61. The maximum Gasteiger partial charge on any atom is 0.268 e. The second-order valence-electron chi connectivity index (χ2n) is 5.82. The van der Waals surface area contributed by atoms with Crippen LogP contribution in [0.3, 0.4) is 0 Å². The molecule has 0 spiro atoms. The highest BCUT2D eigenvalue weighted by atomic mass is 79.9.